The molecule has 0 atom stereocenters. The zero-order chi connectivity index (χ0) is 12.5. The van der Waals surface area contributed by atoms with E-state index in [1.807, 2.05) is 17.6 Å². The highest BCUT2D eigenvalue weighted by Crippen LogP contribution is 2.23. The Morgan fingerprint density at radius 1 is 1.41 bits per heavy atom. The summed E-state index contributed by atoms with van der Waals surface area (Å²) in [5, 5.41) is 0. The van der Waals surface area contributed by atoms with Gasteiger partial charge in [-0.3, -0.25) is 0 Å². The van der Waals surface area contributed by atoms with E-state index in [9.17, 15) is 8.42 Å². The standard InChI is InChI=1S/C11H11ClN2O2S/c1-2-14-8-13-7-11(14)9-4-3-5-10(6-9)17(12,15)16/h3-8H,2H2,1H3. The summed E-state index contributed by atoms with van der Waals surface area (Å²) in [6, 6.07) is 6.51. The van der Waals surface area contributed by atoms with Gasteiger partial charge in [0.1, 0.15) is 0 Å². The molecule has 0 radical (unpaired) electrons. The minimum absolute atomic E-state index is 0.0977. The summed E-state index contributed by atoms with van der Waals surface area (Å²) in [4.78, 5) is 4.14. The van der Waals surface area contributed by atoms with E-state index >= 15 is 0 Å². The largest absolute Gasteiger partial charge is 0.331 e. The molecule has 1 aromatic heterocycles. The fraction of sp³-hybridized carbons (Fsp3) is 0.182. The molecule has 0 bridgehead atoms. The number of hydrogen-bond donors (Lipinski definition) is 0. The van der Waals surface area contributed by atoms with E-state index in [0.29, 0.717) is 0 Å². The summed E-state index contributed by atoms with van der Waals surface area (Å²) in [5.74, 6) is 0. The smallest absolute Gasteiger partial charge is 0.261 e. The third-order valence-electron chi connectivity index (χ3n) is 2.46. The van der Waals surface area contributed by atoms with E-state index in [1.54, 1.807) is 24.7 Å². The number of imidazole rings is 1. The predicted octanol–water partition coefficient (Wildman–Crippen LogP) is 2.50. The molecule has 0 unspecified atom stereocenters. The molecule has 0 aliphatic heterocycles. The van der Waals surface area contributed by atoms with Crippen molar-refractivity contribution in [2.75, 3.05) is 0 Å². The van der Waals surface area contributed by atoms with Crippen molar-refractivity contribution in [3.8, 4) is 11.3 Å². The highest BCUT2D eigenvalue weighted by molar-refractivity contribution is 8.13. The van der Waals surface area contributed by atoms with Crippen LogP contribution in [0.4, 0.5) is 0 Å². The summed E-state index contributed by atoms with van der Waals surface area (Å²) < 4.78 is 24.4. The highest BCUT2D eigenvalue weighted by Gasteiger charge is 2.12. The number of rotatable bonds is 3. The van der Waals surface area contributed by atoms with Crippen LogP contribution in [0.3, 0.4) is 0 Å². The number of aryl methyl sites for hydroxylation is 1. The minimum Gasteiger partial charge on any atom is -0.331 e. The van der Waals surface area contributed by atoms with Crippen LogP contribution in [0.2, 0.25) is 0 Å². The molecule has 1 aromatic carbocycles. The van der Waals surface area contributed by atoms with Crippen LogP contribution in [0.15, 0.2) is 41.7 Å². The van der Waals surface area contributed by atoms with Gasteiger partial charge < -0.3 is 4.57 Å². The second-order valence-corrected chi connectivity index (χ2v) is 6.10. The predicted molar refractivity (Wildman–Crippen MR) is 66.4 cm³/mol. The molecular weight excluding hydrogens is 260 g/mol. The molecule has 6 heteroatoms. The van der Waals surface area contributed by atoms with Crippen LogP contribution in [0.5, 0.6) is 0 Å². The summed E-state index contributed by atoms with van der Waals surface area (Å²) in [6.07, 6.45) is 3.40. The van der Waals surface area contributed by atoms with E-state index in [4.69, 9.17) is 10.7 Å². The molecule has 0 aliphatic rings. The Hall–Kier alpha value is -1.33. The first-order valence-electron chi connectivity index (χ1n) is 5.07. The average molecular weight is 271 g/mol. The van der Waals surface area contributed by atoms with E-state index < -0.39 is 9.05 Å². The number of halogens is 1. The summed E-state index contributed by atoms with van der Waals surface area (Å²) in [5.41, 5.74) is 1.65. The average Bonchev–Trinajstić information content (AvgIpc) is 2.76. The maximum atomic E-state index is 11.3. The van der Waals surface area contributed by atoms with Crippen LogP contribution in [-0.2, 0) is 15.6 Å². The lowest BCUT2D eigenvalue weighted by Crippen LogP contribution is -1.96. The highest BCUT2D eigenvalue weighted by atomic mass is 35.7. The zero-order valence-corrected chi connectivity index (χ0v) is 10.7. The molecule has 0 amide bonds. The van der Waals surface area contributed by atoms with Gasteiger partial charge in [0.25, 0.3) is 9.05 Å². The van der Waals surface area contributed by atoms with E-state index in [0.717, 1.165) is 17.8 Å². The maximum Gasteiger partial charge on any atom is 0.261 e. The topological polar surface area (TPSA) is 52.0 Å². The van der Waals surface area contributed by atoms with Gasteiger partial charge in [0.15, 0.2) is 0 Å². The third kappa shape index (κ3) is 2.50. The van der Waals surface area contributed by atoms with Gasteiger partial charge in [0.05, 0.1) is 23.1 Å². The Bertz CT molecular complexity index is 634. The molecule has 2 aromatic rings. The Morgan fingerprint density at radius 3 is 2.82 bits per heavy atom. The molecule has 4 nitrogen and oxygen atoms in total. The van der Waals surface area contributed by atoms with Gasteiger partial charge in [-0.25, -0.2) is 13.4 Å². The maximum absolute atomic E-state index is 11.3. The fourth-order valence-electron chi connectivity index (χ4n) is 1.62. The van der Waals surface area contributed by atoms with Gasteiger partial charge >= 0.3 is 0 Å². The molecule has 0 spiro atoms. The van der Waals surface area contributed by atoms with Crippen LogP contribution in [0.25, 0.3) is 11.3 Å². The lowest BCUT2D eigenvalue weighted by molar-refractivity contribution is 0.609. The Morgan fingerprint density at radius 2 is 2.18 bits per heavy atom. The molecule has 17 heavy (non-hydrogen) atoms. The first-order chi connectivity index (χ1) is 8.02. The molecule has 0 aliphatic carbocycles. The van der Waals surface area contributed by atoms with Gasteiger partial charge in [0, 0.05) is 22.8 Å². The Kier molecular flexibility index (Phi) is 3.22. The summed E-state index contributed by atoms with van der Waals surface area (Å²) >= 11 is 0. The van der Waals surface area contributed by atoms with Gasteiger partial charge in [0.2, 0.25) is 0 Å². The van der Waals surface area contributed by atoms with Crippen molar-refractivity contribution >= 4 is 19.7 Å². The summed E-state index contributed by atoms with van der Waals surface area (Å²) in [6.45, 7) is 2.76. The monoisotopic (exact) mass is 270 g/mol. The molecular formula is C11H11ClN2O2S. The molecule has 0 saturated heterocycles. The van der Waals surface area contributed by atoms with Gasteiger partial charge in [-0.2, -0.15) is 0 Å². The number of nitrogens with zero attached hydrogens (tertiary/aromatic N) is 2. The van der Waals surface area contributed by atoms with Crippen molar-refractivity contribution in [3.05, 3.63) is 36.8 Å². The van der Waals surface area contributed by atoms with Crippen molar-refractivity contribution in [2.45, 2.75) is 18.4 Å². The molecule has 2 rings (SSSR count). The molecule has 0 fully saturated rings. The third-order valence-corrected chi connectivity index (χ3v) is 3.82. The van der Waals surface area contributed by atoms with Crippen molar-refractivity contribution in [1.29, 1.82) is 0 Å². The van der Waals surface area contributed by atoms with E-state index in [2.05, 4.69) is 4.98 Å². The van der Waals surface area contributed by atoms with Crippen molar-refractivity contribution in [1.82, 2.24) is 9.55 Å². The molecule has 90 valence electrons. The molecule has 0 N–H and O–H groups in total. The quantitative estimate of drug-likeness (QED) is 0.805. The van der Waals surface area contributed by atoms with E-state index in [-0.39, 0.29) is 4.90 Å². The first kappa shape index (κ1) is 12.1. The van der Waals surface area contributed by atoms with Crippen molar-refractivity contribution in [3.63, 3.8) is 0 Å². The van der Waals surface area contributed by atoms with Crippen LogP contribution in [0, 0.1) is 0 Å². The number of benzene rings is 1. The van der Waals surface area contributed by atoms with Crippen LogP contribution in [-0.4, -0.2) is 18.0 Å². The van der Waals surface area contributed by atoms with Crippen LogP contribution >= 0.6 is 10.7 Å². The number of hydrogen-bond acceptors (Lipinski definition) is 3. The van der Waals surface area contributed by atoms with Gasteiger partial charge in [-0.1, -0.05) is 12.1 Å². The normalized spacial score (nSPS) is 11.6. The minimum atomic E-state index is -3.69. The number of aromatic nitrogens is 2. The van der Waals surface area contributed by atoms with Gasteiger partial charge in [-0.15, -0.1) is 0 Å². The summed E-state index contributed by atoms with van der Waals surface area (Å²) in [7, 11) is 1.62. The van der Waals surface area contributed by atoms with Crippen molar-refractivity contribution in [2.24, 2.45) is 0 Å². The molecule has 0 saturated carbocycles. The van der Waals surface area contributed by atoms with Crippen LogP contribution < -0.4 is 0 Å². The fourth-order valence-corrected chi connectivity index (χ4v) is 2.42. The second kappa shape index (κ2) is 4.50. The van der Waals surface area contributed by atoms with E-state index in [1.165, 1.54) is 6.07 Å². The van der Waals surface area contributed by atoms with Crippen molar-refractivity contribution < 1.29 is 8.42 Å². The SMILES string of the molecule is CCn1cncc1-c1cccc(S(=O)(=O)Cl)c1. The second-order valence-electron chi connectivity index (χ2n) is 3.53. The molecule has 1 heterocycles. The lowest BCUT2D eigenvalue weighted by Gasteiger charge is -2.06. The zero-order valence-electron chi connectivity index (χ0n) is 9.17. The first-order valence-corrected chi connectivity index (χ1v) is 7.38. The Labute approximate surface area is 104 Å². The lowest BCUT2D eigenvalue weighted by atomic mass is 10.2. The Balaban J connectivity index is 2.55. The van der Waals surface area contributed by atoms with Crippen LogP contribution in [0.1, 0.15) is 6.92 Å². The van der Waals surface area contributed by atoms with Gasteiger partial charge in [-0.05, 0) is 19.1 Å².